The molecule has 0 aromatic carbocycles. The molecule has 2 bridgehead atoms. The third kappa shape index (κ3) is 2.48. The second-order valence-corrected chi connectivity index (χ2v) is 6.14. The number of nitrogens with one attached hydrogen (secondary N) is 1. The molecule has 0 unspecified atom stereocenters. The molecule has 2 fully saturated rings. The molecule has 92 valence electrons. The summed E-state index contributed by atoms with van der Waals surface area (Å²) in [4.78, 5) is 11.6. The van der Waals surface area contributed by atoms with E-state index in [0.29, 0.717) is 17.9 Å². The molecule has 0 aliphatic heterocycles. The van der Waals surface area contributed by atoms with Crippen molar-refractivity contribution in [1.82, 2.24) is 5.32 Å². The first-order chi connectivity index (χ1) is 7.35. The highest BCUT2D eigenvalue weighted by Crippen LogP contribution is 2.43. The zero-order valence-electron chi connectivity index (χ0n) is 10.3. The van der Waals surface area contributed by atoms with Crippen LogP contribution in [0.15, 0.2) is 0 Å². The summed E-state index contributed by atoms with van der Waals surface area (Å²) in [6.45, 7) is 5.63. The van der Waals surface area contributed by atoms with Crippen molar-refractivity contribution in [2.24, 2.45) is 17.6 Å². The van der Waals surface area contributed by atoms with Gasteiger partial charge in [-0.25, -0.2) is 4.79 Å². The molecular weight excluding hydrogens is 204 g/mol. The normalized spacial score (nSPS) is 37.5. The first-order valence-electron chi connectivity index (χ1n) is 6.10. The van der Waals surface area contributed by atoms with E-state index in [1.165, 1.54) is 6.42 Å². The van der Waals surface area contributed by atoms with Crippen LogP contribution in [0.2, 0.25) is 0 Å². The summed E-state index contributed by atoms with van der Waals surface area (Å²) in [5.41, 5.74) is 5.55. The molecule has 0 saturated heterocycles. The number of carbonyl (C=O) groups excluding carboxylic acids is 1. The maximum Gasteiger partial charge on any atom is 0.407 e. The monoisotopic (exact) mass is 226 g/mol. The van der Waals surface area contributed by atoms with Crippen molar-refractivity contribution >= 4 is 6.09 Å². The quantitative estimate of drug-likeness (QED) is 0.714. The molecule has 0 spiro atoms. The first kappa shape index (κ1) is 11.7. The second-order valence-electron chi connectivity index (χ2n) is 6.14. The smallest absolute Gasteiger partial charge is 0.407 e. The average Bonchev–Trinajstić information content (AvgIpc) is 2.58. The minimum Gasteiger partial charge on any atom is -0.444 e. The van der Waals surface area contributed by atoms with Gasteiger partial charge in [0.2, 0.25) is 0 Å². The molecule has 4 heteroatoms. The molecule has 1 amide bonds. The SMILES string of the molecule is CC(C)(C)OC(=O)N[C@H]1C[C@H]2C[C@@H]1C[C@@H]2N. The van der Waals surface area contributed by atoms with E-state index in [-0.39, 0.29) is 12.1 Å². The van der Waals surface area contributed by atoms with Crippen LogP contribution in [-0.2, 0) is 4.74 Å². The maximum absolute atomic E-state index is 11.6. The van der Waals surface area contributed by atoms with Crippen molar-refractivity contribution in [1.29, 1.82) is 0 Å². The lowest BCUT2D eigenvalue weighted by molar-refractivity contribution is 0.0485. The lowest BCUT2D eigenvalue weighted by Crippen LogP contribution is -2.44. The Balaban J connectivity index is 1.82. The largest absolute Gasteiger partial charge is 0.444 e. The molecule has 2 saturated carbocycles. The number of nitrogens with two attached hydrogens (primary N) is 1. The molecule has 4 nitrogen and oxygen atoms in total. The van der Waals surface area contributed by atoms with Crippen LogP contribution < -0.4 is 11.1 Å². The van der Waals surface area contributed by atoms with Crippen LogP contribution in [0.4, 0.5) is 4.79 Å². The van der Waals surface area contributed by atoms with E-state index >= 15 is 0 Å². The van der Waals surface area contributed by atoms with Crippen molar-refractivity contribution in [3.8, 4) is 0 Å². The Morgan fingerprint density at radius 1 is 1.25 bits per heavy atom. The Morgan fingerprint density at radius 2 is 1.94 bits per heavy atom. The van der Waals surface area contributed by atoms with Gasteiger partial charge >= 0.3 is 6.09 Å². The zero-order valence-corrected chi connectivity index (χ0v) is 10.3. The minimum absolute atomic E-state index is 0.277. The van der Waals surface area contributed by atoms with Gasteiger partial charge in [0, 0.05) is 12.1 Å². The van der Waals surface area contributed by atoms with Crippen LogP contribution >= 0.6 is 0 Å². The third-order valence-corrected chi connectivity index (χ3v) is 3.61. The van der Waals surface area contributed by atoms with Crippen molar-refractivity contribution in [3.63, 3.8) is 0 Å². The predicted octanol–water partition coefficient (Wildman–Crippen LogP) is 1.64. The summed E-state index contributed by atoms with van der Waals surface area (Å²) in [6.07, 6.45) is 2.94. The average molecular weight is 226 g/mol. The number of alkyl carbamates (subject to hydrolysis) is 1. The second kappa shape index (κ2) is 3.91. The van der Waals surface area contributed by atoms with Crippen LogP contribution in [0.5, 0.6) is 0 Å². The molecule has 0 aromatic rings. The first-order valence-corrected chi connectivity index (χ1v) is 6.10. The Hall–Kier alpha value is -0.770. The minimum atomic E-state index is -0.419. The van der Waals surface area contributed by atoms with Crippen LogP contribution in [-0.4, -0.2) is 23.8 Å². The van der Waals surface area contributed by atoms with E-state index in [1.807, 2.05) is 20.8 Å². The predicted molar refractivity (Wildman–Crippen MR) is 62.0 cm³/mol. The third-order valence-electron chi connectivity index (χ3n) is 3.61. The molecule has 2 aliphatic rings. The van der Waals surface area contributed by atoms with Crippen molar-refractivity contribution in [2.45, 2.75) is 57.7 Å². The number of hydrogen-bond donors (Lipinski definition) is 2. The van der Waals surface area contributed by atoms with E-state index in [1.54, 1.807) is 0 Å². The Kier molecular flexibility index (Phi) is 2.86. The van der Waals surface area contributed by atoms with E-state index in [2.05, 4.69) is 5.32 Å². The molecule has 0 aromatic heterocycles. The maximum atomic E-state index is 11.6. The van der Waals surface area contributed by atoms with Gasteiger partial charge in [0.05, 0.1) is 0 Å². The van der Waals surface area contributed by atoms with Crippen LogP contribution in [0.3, 0.4) is 0 Å². The van der Waals surface area contributed by atoms with Gasteiger partial charge in [0.25, 0.3) is 0 Å². The van der Waals surface area contributed by atoms with Gasteiger partial charge in [0.1, 0.15) is 5.60 Å². The highest BCUT2D eigenvalue weighted by molar-refractivity contribution is 5.68. The summed E-state index contributed by atoms with van der Waals surface area (Å²) < 4.78 is 5.25. The van der Waals surface area contributed by atoms with Crippen LogP contribution in [0.25, 0.3) is 0 Å². The fourth-order valence-corrected chi connectivity index (χ4v) is 2.96. The van der Waals surface area contributed by atoms with Gasteiger partial charge in [-0.05, 0) is 51.9 Å². The van der Waals surface area contributed by atoms with Crippen LogP contribution in [0, 0.1) is 11.8 Å². The van der Waals surface area contributed by atoms with Gasteiger partial charge in [-0.15, -0.1) is 0 Å². The fraction of sp³-hybridized carbons (Fsp3) is 0.917. The topological polar surface area (TPSA) is 64.3 Å². The van der Waals surface area contributed by atoms with Gasteiger partial charge in [-0.2, -0.15) is 0 Å². The Bertz CT molecular complexity index is 283. The lowest BCUT2D eigenvalue weighted by Gasteiger charge is -2.28. The summed E-state index contributed by atoms with van der Waals surface area (Å²) >= 11 is 0. The molecule has 0 heterocycles. The van der Waals surface area contributed by atoms with Gasteiger partial charge in [-0.3, -0.25) is 0 Å². The highest BCUT2D eigenvalue weighted by Gasteiger charge is 2.45. The number of rotatable bonds is 1. The van der Waals surface area contributed by atoms with Gasteiger partial charge < -0.3 is 15.8 Å². The zero-order chi connectivity index (χ0) is 11.9. The van der Waals surface area contributed by atoms with E-state index in [9.17, 15) is 4.79 Å². The van der Waals surface area contributed by atoms with Crippen molar-refractivity contribution < 1.29 is 9.53 Å². The lowest BCUT2D eigenvalue weighted by atomic mass is 9.92. The van der Waals surface area contributed by atoms with E-state index < -0.39 is 5.60 Å². The number of hydrogen-bond acceptors (Lipinski definition) is 3. The number of ether oxygens (including phenoxy) is 1. The summed E-state index contributed by atoms with van der Waals surface area (Å²) in [5, 5.41) is 2.97. The highest BCUT2D eigenvalue weighted by atomic mass is 16.6. The summed E-state index contributed by atoms with van der Waals surface area (Å²) in [7, 11) is 0. The van der Waals surface area contributed by atoms with Crippen LogP contribution in [0.1, 0.15) is 40.0 Å². The molecule has 16 heavy (non-hydrogen) atoms. The summed E-state index contributed by atoms with van der Waals surface area (Å²) in [6, 6.07) is 0.626. The van der Waals surface area contributed by atoms with E-state index in [4.69, 9.17) is 10.5 Å². The summed E-state index contributed by atoms with van der Waals surface area (Å²) in [5.74, 6) is 1.16. The van der Waals surface area contributed by atoms with Crippen molar-refractivity contribution in [3.05, 3.63) is 0 Å². The number of fused-ring (bicyclic) bond motifs is 2. The Morgan fingerprint density at radius 3 is 2.38 bits per heavy atom. The van der Waals surface area contributed by atoms with Gasteiger partial charge in [-0.1, -0.05) is 0 Å². The van der Waals surface area contributed by atoms with Gasteiger partial charge in [0.15, 0.2) is 0 Å². The molecule has 2 rings (SSSR count). The molecule has 3 N–H and O–H groups in total. The molecular formula is C12H22N2O2. The number of carbonyl (C=O) groups is 1. The fourth-order valence-electron chi connectivity index (χ4n) is 2.96. The standard InChI is InChI=1S/C12H22N2O2/c1-12(2,3)16-11(15)14-10-6-7-4-8(10)5-9(7)13/h7-10H,4-6,13H2,1-3H3,(H,14,15)/t7-,8-,9+,10+/m1/s1. The van der Waals surface area contributed by atoms with Crippen molar-refractivity contribution in [2.75, 3.05) is 0 Å². The van der Waals surface area contributed by atoms with E-state index in [0.717, 1.165) is 12.8 Å². The molecule has 4 atom stereocenters. The Labute approximate surface area is 96.9 Å². The molecule has 2 aliphatic carbocycles. The molecule has 0 radical (unpaired) electrons. The number of amides is 1.